The van der Waals surface area contributed by atoms with E-state index in [-0.39, 0.29) is 17.7 Å². The molecule has 2 heterocycles. The Bertz CT molecular complexity index is 1160. The van der Waals surface area contributed by atoms with Crippen molar-refractivity contribution in [1.82, 2.24) is 18.8 Å². The van der Waals surface area contributed by atoms with Crippen molar-refractivity contribution in [2.75, 3.05) is 20.1 Å². The van der Waals surface area contributed by atoms with Crippen LogP contribution in [0.1, 0.15) is 40.7 Å². The highest BCUT2D eigenvalue weighted by Gasteiger charge is 2.30. The summed E-state index contributed by atoms with van der Waals surface area (Å²) >= 11 is 0. The Labute approximate surface area is 195 Å². The first-order chi connectivity index (χ1) is 15.9. The smallest absolute Gasteiger partial charge is 0.254 e. The Morgan fingerprint density at radius 3 is 2.58 bits per heavy atom. The number of aromatic nitrogens is 2. The Balaban J connectivity index is 1.42. The fourth-order valence-corrected chi connectivity index (χ4v) is 5.86. The second-order valence-electron chi connectivity index (χ2n) is 8.53. The monoisotopic (exact) mass is 466 g/mol. The molecule has 33 heavy (non-hydrogen) atoms. The molecule has 1 atom stereocenters. The van der Waals surface area contributed by atoms with E-state index in [2.05, 4.69) is 4.98 Å². The zero-order valence-corrected chi connectivity index (χ0v) is 19.7. The molecule has 1 fully saturated rings. The lowest BCUT2D eigenvalue weighted by Crippen LogP contribution is -2.39. The first kappa shape index (κ1) is 23.2. The van der Waals surface area contributed by atoms with Crippen LogP contribution in [0.4, 0.5) is 0 Å². The molecule has 1 amide bonds. The van der Waals surface area contributed by atoms with E-state index < -0.39 is 10.0 Å². The molecule has 1 unspecified atom stereocenters. The van der Waals surface area contributed by atoms with Crippen LogP contribution < -0.4 is 0 Å². The van der Waals surface area contributed by atoms with Crippen molar-refractivity contribution in [3.05, 3.63) is 90.0 Å². The molecule has 1 saturated heterocycles. The number of nitrogens with zero attached hydrogens (tertiary/aromatic N) is 4. The summed E-state index contributed by atoms with van der Waals surface area (Å²) in [7, 11) is -1.77. The Morgan fingerprint density at radius 1 is 1.06 bits per heavy atom. The van der Waals surface area contributed by atoms with E-state index in [1.165, 1.54) is 4.31 Å². The van der Waals surface area contributed by atoms with Gasteiger partial charge in [-0.15, -0.1) is 0 Å². The number of carbonyl (C=O) groups is 1. The molecule has 0 aliphatic carbocycles. The van der Waals surface area contributed by atoms with Gasteiger partial charge >= 0.3 is 0 Å². The van der Waals surface area contributed by atoms with Gasteiger partial charge in [0, 0.05) is 50.7 Å². The third-order valence-corrected chi connectivity index (χ3v) is 8.16. The summed E-state index contributed by atoms with van der Waals surface area (Å²) in [6, 6.07) is 16.8. The van der Waals surface area contributed by atoms with Gasteiger partial charge in [0.05, 0.1) is 12.1 Å². The average Bonchev–Trinajstić information content (AvgIpc) is 3.20. The summed E-state index contributed by atoms with van der Waals surface area (Å²) < 4.78 is 29.4. The topological polar surface area (TPSA) is 75.5 Å². The van der Waals surface area contributed by atoms with Crippen molar-refractivity contribution in [3.8, 4) is 0 Å². The predicted octanol–water partition coefficient (Wildman–Crippen LogP) is 3.39. The zero-order valence-electron chi connectivity index (χ0n) is 18.9. The largest absolute Gasteiger partial charge is 0.339 e. The van der Waals surface area contributed by atoms with Crippen LogP contribution in [-0.2, 0) is 22.3 Å². The number of rotatable bonds is 7. The molecule has 1 aromatic heterocycles. The van der Waals surface area contributed by atoms with Gasteiger partial charge in [-0.2, -0.15) is 0 Å². The predicted molar refractivity (Wildman–Crippen MR) is 128 cm³/mol. The van der Waals surface area contributed by atoms with E-state index in [0.29, 0.717) is 31.6 Å². The van der Waals surface area contributed by atoms with Crippen molar-refractivity contribution < 1.29 is 13.2 Å². The summed E-state index contributed by atoms with van der Waals surface area (Å²) in [5.74, 6) is -0.00774. The van der Waals surface area contributed by atoms with Gasteiger partial charge in [0.15, 0.2) is 0 Å². The van der Waals surface area contributed by atoms with Crippen LogP contribution in [0.5, 0.6) is 0 Å². The highest BCUT2D eigenvalue weighted by atomic mass is 32.2. The maximum absolute atomic E-state index is 13.4. The molecule has 8 heteroatoms. The standard InChI is InChI=1S/C25H30N4O3S/c1-27(33(31,32)19-21-8-3-2-4-9-21)23-11-7-15-29(16-13-23)25(30)24-12-6-5-10-22(24)18-28-17-14-26-20-28/h2-6,8-10,12,14,17,20,23H,7,11,13,15-16,18-19H2,1H3. The van der Waals surface area contributed by atoms with E-state index in [1.807, 2.05) is 70.3 Å². The van der Waals surface area contributed by atoms with Gasteiger partial charge < -0.3 is 9.47 Å². The van der Waals surface area contributed by atoms with Crippen molar-refractivity contribution in [2.45, 2.75) is 37.6 Å². The third-order valence-electron chi connectivity index (χ3n) is 6.29. The number of hydrogen-bond acceptors (Lipinski definition) is 4. The van der Waals surface area contributed by atoms with Crippen LogP contribution >= 0.6 is 0 Å². The van der Waals surface area contributed by atoms with Gasteiger partial charge in [0.25, 0.3) is 5.91 Å². The molecule has 0 bridgehead atoms. The van der Waals surface area contributed by atoms with Crippen LogP contribution in [0.3, 0.4) is 0 Å². The molecule has 0 saturated carbocycles. The van der Waals surface area contributed by atoms with E-state index in [4.69, 9.17) is 0 Å². The molecule has 4 rings (SSSR count). The number of amides is 1. The molecule has 2 aromatic carbocycles. The molecule has 3 aromatic rings. The van der Waals surface area contributed by atoms with Gasteiger partial charge in [-0.3, -0.25) is 4.79 Å². The number of likely N-dealkylation sites (tertiary alicyclic amines) is 1. The van der Waals surface area contributed by atoms with Crippen LogP contribution in [0.25, 0.3) is 0 Å². The SMILES string of the molecule is CN(C1CCCN(C(=O)c2ccccc2Cn2ccnc2)CC1)S(=O)(=O)Cc1ccccc1. The van der Waals surface area contributed by atoms with Crippen molar-refractivity contribution in [3.63, 3.8) is 0 Å². The summed E-state index contributed by atoms with van der Waals surface area (Å²) in [6.45, 7) is 1.74. The second kappa shape index (κ2) is 10.3. The van der Waals surface area contributed by atoms with Crippen LogP contribution in [-0.4, -0.2) is 59.3 Å². The van der Waals surface area contributed by atoms with Crippen LogP contribution in [0, 0.1) is 0 Å². The van der Waals surface area contributed by atoms with E-state index in [1.54, 1.807) is 19.6 Å². The molecule has 174 valence electrons. The lowest BCUT2D eigenvalue weighted by molar-refractivity contribution is 0.0758. The average molecular weight is 467 g/mol. The van der Waals surface area contributed by atoms with Gasteiger partial charge in [0.2, 0.25) is 10.0 Å². The summed E-state index contributed by atoms with van der Waals surface area (Å²) in [4.78, 5) is 19.3. The summed E-state index contributed by atoms with van der Waals surface area (Å²) in [6.07, 6.45) is 7.48. The van der Waals surface area contributed by atoms with Gasteiger partial charge in [0.1, 0.15) is 0 Å². The summed E-state index contributed by atoms with van der Waals surface area (Å²) in [5, 5.41) is 0. The summed E-state index contributed by atoms with van der Waals surface area (Å²) in [5.41, 5.74) is 2.42. The molecule has 0 radical (unpaired) electrons. The minimum Gasteiger partial charge on any atom is -0.339 e. The quantitative estimate of drug-likeness (QED) is 0.535. The second-order valence-corrected chi connectivity index (χ2v) is 10.6. The number of hydrogen-bond donors (Lipinski definition) is 0. The molecular formula is C25H30N4O3S. The van der Waals surface area contributed by atoms with Crippen molar-refractivity contribution in [2.24, 2.45) is 0 Å². The number of imidazole rings is 1. The Kier molecular flexibility index (Phi) is 7.25. The van der Waals surface area contributed by atoms with E-state index >= 15 is 0 Å². The Hall–Kier alpha value is -2.97. The Morgan fingerprint density at radius 2 is 1.82 bits per heavy atom. The zero-order chi connectivity index (χ0) is 23.3. The van der Waals surface area contributed by atoms with E-state index in [0.717, 1.165) is 24.0 Å². The van der Waals surface area contributed by atoms with Crippen molar-refractivity contribution >= 4 is 15.9 Å². The maximum atomic E-state index is 13.4. The molecule has 1 aliphatic rings. The molecule has 0 N–H and O–H groups in total. The van der Waals surface area contributed by atoms with Crippen molar-refractivity contribution in [1.29, 1.82) is 0 Å². The fourth-order valence-electron chi connectivity index (χ4n) is 4.37. The first-order valence-electron chi connectivity index (χ1n) is 11.3. The van der Waals surface area contributed by atoms with Crippen LogP contribution in [0.2, 0.25) is 0 Å². The number of benzene rings is 2. The molecule has 0 spiro atoms. The number of sulfonamides is 1. The first-order valence-corrected chi connectivity index (χ1v) is 12.9. The fraction of sp³-hybridized carbons (Fsp3) is 0.360. The molecule has 7 nitrogen and oxygen atoms in total. The lowest BCUT2D eigenvalue weighted by Gasteiger charge is -2.27. The van der Waals surface area contributed by atoms with Gasteiger partial charge in [-0.1, -0.05) is 48.5 Å². The molecule has 1 aliphatic heterocycles. The van der Waals surface area contributed by atoms with Gasteiger partial charge in [-0.25, -0.2) is 17.7 Å². The normalized spacial score (nSPS) is 17.2. The van der Waals surface area contributed by atoms with E-state index in [9.17, 15) is 13.2 Å². The third kappa shape index (κ3) is 5.69. The van der Waals surface area contributed by atoms with Crippen LogP contribution in [0.15, 0.2) is 73.3 Å². The minimum absolute atomic E-state index is 0.00108. The highest BCUT2D eigenvalue weighted by Crippen LogP contribution is 2.22. The number of carbonyl (C=O) groups excluding carboxylic acids is 1. The molecular weight excluding hydrogens is 436 g/mol. The lowest BCUT2D eigenvalue weighted by atomic mass is 10.1. The maximum Gasteiger partial charge on any atom is 0.254 e. The highest BCUT2D eigenvalue weighted by molar-refractivity contribution is 7.88. The minimum atomic E-state index is -3.43. The van der Waals surface area contributed by atoms with Gasteiger partial charge in [-0.05, 0) is 36.5 Å².